The van der Waals surface area contributed by atoms with Gasteiger partial charge >= 0.3 is 0 Å². The minimum Gasteiger partial charge on any atom is -0.308 e. The molecule has 2 heterocycles. The van der Waals surface area contributed by atoms with Crippen LogP contribution >= 0.6 is 0 Å². The standard InChI is InChI=1S/C10H15N3.C2H6/c1-13-7-6-12-10(8-13)9-2-4-11-5-3-9;1-2/h2-5,10,12H,6-8H2,1H3;1-2H3. The van der Waals surface area contributed by atoms with Crippen LogP contribution in [0, 0.1) is 0 Å². The van der Waals surface area contributed by atoms with Crippen molar-refractivity contribution < 1.29 is 0 Å². The summed E-state index contributed by atoms with van der Waals surface area (Å²) in [4.78, 5) is 6.37. The number of nitrogens with one attached hydrogen (secondary N) is 1. The highest BCUT2D eigenvalue weighted by Gasteiger charge is 2.17. The van der Waals surface area contributed by atoms with Gasteiger partial charge in [-0.2, -0.15) is 0 Å². The van der Waals surface area contributed by atoms with Gasteiger partial charge in [0.25, 0.3) is 0 Å². The third-order valence-electron chi connectivity index (χ3n) is 2.49. The molecule has 1 atom stereocenters. The highest BCUT2D eigenvalue weighted by Crippen LogP contribution is 2.14. The molecule has 0 spiro atoms. The molecule has 0 aromatic carbocycles. The Bertz CT molecular complexity index is 261. The molecule has 1 fully saturated rings. The fourth-order valence-corrected chi connectivity index (χ4v) is 1.72. The molecule has 0 amide bonds. The lowest BCUT2D eigenvalue weighted by Gasteiger charge is -2.31. The Labute approximate surface area is 92.5 Å². The molecule has 2 rings (SSSR count). The van der Waals surface area contributed by atoms with Gasteiger partial charge in [0.2, 0.25) is 0 Å². The van der Waals surface area contributed by atoms with Crippen LogP contribution in [-0.2, 0) is 0 Å². The van der Waals surface area contributed by atoms with E-state index in [1.807, 2.05) is 26.2 Å². The van der Waals surface area contributed by atoms with Crippen LogP contribution in [0.1, 0.15) is 25.5 Å². The molecule has 1 unspecified atom stereocenters. The quantitative estimate of drug-likeness (QED) is 0.759. The van der Waals surface area contributed by atoms with E-state index in [1.54, 1.807) is 0 Å². The van der Waals surface area contributed by atoms with Crippen molar-refractivity contribution in [2.45, 2.75) is 19.9 Å². The van der Waals surface area contributed by atoms with Gasteiger partial charge in [0, 0.05) is 38.1 Å². The summed E-state index contributed by atoms with van der Waals surface area (Å²) in [7, 11) is 2.16. The van der Waals surface area contributed by atoms with Crippen molar-refractivity contribution in [3.63, 3.8) is 0 Å². The summed E-state index contributed by atoms with van der Waals surface area (Å²) in [5, 5.41) is 3.50. The molecule has 0 saturated carbocycles. The molecule has 0 radical (unpaired) electrons. The van der Waals surface area contributed by atoms with E-state index >= 15 is 0 Å². The second-order valence-electron chi connectivity index (χ2n) is 3.55. The van der Waals surface area contributed by atoms with Crippen molar-refractivity contribution in [3.8, 4) is 0 Å². The highest BCUT2D eigenvalue weighted by molar-refractivity contribution is 5.16. The minimum atomic E-state index is 0.474. The molecule has 1 saturated heterocycles. The molecule has 84 valence electrons. The van der Waals surface area contributed by atoms with Gasteiger partial charge in [0.15, 0.2) is 0 Å². The number of hydrogen-bond acceptors (Lipinski definition) is 3. The molecule has 1 aliphatic rings. The molecule has 1 aliphatic heterocycles. The van der Waals surface area contributed by atoms with E-state index in [1.165, 1.54) is 5.56 Å². The van der Waals surface area contributed by atoms with Crippen LogP contribution < -0.4 is 5.32 Å². The first-order valence-corrected chi connectivity index (χ1v) is 5.68. The first-order chi connectivity index (χ1) is 7.36. The van der Waals surface area contributed by atoms with Gasteiger partial charge in [-0.15, -0.1) is 0 Å². The van der Waals surface area contributed by atoms with Crippen molar-refractivity contribution in [1.29, 1.82) is 0 Å². The third kappa shape index (κ3) is 3.61. The summed E-state index contributed by atoms with van der Waals surface area (Å²) in [5.74, 6) is 0. The van der Waals surface area contributed by atoms with E-state index < -0.39 is 0 Å². The van der Waals surface area contributed by atoms with E-state index in [0.29, 0.717) is 6.04 Å². The topological polar surface area (TPSA) is 28.2 Å². The maximum absolute atomic E-state index is 4.02. The van der Waals surface area contributed by atoms with E-state index in [-0.39, 0.29) is 0 Å². The van der Waals surface area contributed by atoms with Gasteiger partial charge in [-0.25, -0.2) is 0 Å². The SMILES string of the molecule is CC.CN1CCNC(c2ccncc2)C1. The zero-order valence-electron chi connectivity index (χ0n) is 9.90. The number of rotatable bonds is 1. The molecular weight excluding hydrogens is 186 g/mol. The van der Waals surface area contributed by atoms with Crippen LogP contribution in [0.15, 0.2) is 24.5 Å². The average Bonchev–Trinajstić information content (AvgIpc) is 2.33. The summed E-state index contributed by atoms with van der Waals surface area (Å²) in [6.07, 6.45) is 3.71. The van der Waals surface area contributed by atoms with E-state index in [2.05, 4.69) is 34.4 Å². The Morgan fingerprint density at radius 2 is 2.00 bits per heavy atom. The van der Waals surface area contributed by atoms with Gasteiger partial charge < -0.3 is 10.2 Å². The molecule has 1 aromatic rings. The first-order valence-electron chi connectivity index (χ1n) is 5.68. The fraction of sp³-hybridized carbons (Fsp3) is 0.583. The molecule has 1 N–H and O–H groups in total. The molecule has 1 aromatic heterocycles. The molecule has 3 heteroatoms. The Kier molecular flexibility index (Phi) is 5.29. The second kappa shape index (κ2) is 6.53. The number of pyridine rings is 1. The van der Waals surface area contributed by atoms with Gasteiger partial charge in [0.1, 0.15) is 0 Å². The van der Waals surface area contributed by atoms with Crippen LogP contribution in [-0.4, -0.2) is 36.6 Å². The number of nitrogens with zero attached hydrogens (tertiary/aromatic N) is 2. The number of piperazine rings is 1. The van der Waals surface area contributed by atoms with Crippen LogP contribution in [0.4, 0.5) is 0 Å². The van der Waals surface area contributed by atoms with Crippen molar-refractivity contribution >= 4 is 0 Å². The number of likely N-dealkylation sites (N-methyl/N-ethyl adjacent to an activating group) is 1. The van der Waals surface area contributed by atoms with E-state index in [0.717, 1.165) is 19.6 Å². The summed E-state index contributed by atoms with van der Waals surface area (Å²) in [6, 6.07) is 4.63. The lowest BCUT2D eigenvalue weighted by molar-refractivity contribution is 0.241. The van der Waals surface area contributed by atoms with Gasteiger partial charge in [0.05, 0.1) is 0 Å². The Morgan fingerprint density at radius 1 is 1.33 bits per heavy atom. The van der Waals surface area contributed by atoms with Gasteiger partial charge in [-0.3, -0.25) is 4.98 Å². The predicted molar refractivity (Wildman–Crippen MR) is 63.8 cm³/mol. The predicted octanol–water partition coefficient (Wildman–Crippen LogP) is 1.68. The van der Waals surface area contributed by atoms with Crippen molar-refractivity contribution in [2.75, 3.05) is 26.7 Å². The van der Waals surface area contributed by atoms with Crippen molar-refractivity contribution in [2.24, 2.45) is 0 Å². The number of hydrogen-bond donors (Lipinski definition) is 1. The molecule has 0 bridgehead atoms. The summed E-state index contributed by atoms with van der Waals surface area (Å²) < 4.78 is 0. The van der Waals surface area contributed by atoms with Crippen LogP contribution in [0.25, 0.3) is 0 Å². The summed E-state index contributed by atoms with van der Waals surface area (Å²) in [6.45, 7) is 7.30. The molecule has 15 heavy (non-hydrogen) atoms. The van der Waals surface area contributed by atoms with Crippen molar-refractivity contribution in [1.82, 2.24) is 15.2 Å². The smallest absolute Gasteiger partial charge is 0.0450 e. The molecule has 0 aliphatic carbocycles. The average molecular weight is 207 g/mol. The lowest BCUT2D eigenvalue weighted by atomic mass is 10.1. The highest BCUT2D eigenvalue weighted by atomic mass is 15.2. The van der Waals surface area contributed by atoms with Gasteiger partial charge in [-0.1, -0.05) is 13.8 Å². The summed E-state index contributed by atoms with van der Waals surface area (Å²) >= 11 is 0. The normalized spacial score (nSPS) is 21.7. The number of aromatic nitrogens is 1. The van der Waals surface area contributed by atoms with Crippen LogP contribution in [0.2, 0.25) is 0 Å². The largest absolute Gasteiger partial charge is 0.308 e. The third-order valence-corrected chi connectivity index (χ3v) is 2.49. The zero-order valence-corrected chi connectivity index (χ0v) is 9.90. The van der Waals surface area contributed by atoms with Crippen LogP contribution in [0.5, 0.6) is 0 Å². The second-order valence-corrected chi connectivity index (χ2v) is 3.55. The first kappa shape index (κ1) is 12.1. The van der Waals surface area contributed by atoms with E-state index in [9.17, 15) is 0 Å². The Hall–Kier alpha value is -0.930. The Balaban J connectivity index is 0.000000531. The maximum Gasteiger partial charge on any atom is 0.0450 e. The Morgan fingerprint density at radius 3 is 2.60 bits per heavy atom. The van der Waals surface area contributed by atoms with Crippen molar-refractivity contribution in [3.05, 3.63) is 30.1 Å². The van der Waals surface area contributed by atoms with Crippen LogP contribution in [0.3, 0.4) is 0 Å². The molecule has 3 nitrogen and oxygen atoms in total. The lowest BCUT2D eigenvalue weighted by Crippen LogP contribution is -2.43. The van der Waals surface area contributed by atoms with E-state index in [4.69, 9.17) is 0 Å². The maximum atomic E-state index is 4.02. The minimum absolute atomic E-state index is 0.474. The monoisotopic (exact) mass is 207 g/mol. The fourth-order valence-electron chi connectivity index (χ4n) is 1.72. The molecular formula is C12H21N3. The zero-order chi connectivity index (χ0) is 11.1. The van der Waals surface area contributed by atoms with Gasteiger partial charge in [-0.05, 0) is 24.7 Å². The summed E-state index contributed by atoms with van der Waals surface area (Å²) in [5.41, 5.74) is 1.33.